The van der Waals surface area contributed by atoms with Crippen molar-refractivity contribution in [2.24, 2.45) is 0 Å². The molecule has 0 amide bonds. The Morgan fingerprint density at radius 1 is 0.893 bits per heavy atom. The molecule has 1 heterocycles. The number of benzene rings is 2. The van der Waals surface area contributed by atoms with E-state index >= 15 is 0 Å². The smallest absolute Gasteiger partial charge is 0.162 e. The number of rotatable bonds is 6. The van der Waals surface area contributed by atoms with E-state index in [9.17, 15) is 0 Å². The molecule has 0 bridgehead atoms. The van der Waals surface area contributed by atoms with Gasteiger partial charge in [-0.15, -0.1) is 24.8 Å². The lowest BCUT2D eigenvalue weighted by molar-refractivity contribution is 0.356. The van der Waals surface area contributed by atoms with Crippen LogP contribution < -0.4 is 19.9 Å². The first kappa shape index (κ1) is 23.7. The van der Waals surface area contributed by atoms with Gasteiger partial charge in [0.15, 0.2) is 11.5 Å². The summed E-state index contributed by atoms with van der Waals surface area (Å²) in [6, 6.07) is 11.6. The van der Waals surface area contributed by atoms with Gasteiger partial charge in [-0.25, -0.2) is 4.98 Å². The Bertz CT molecular complexity index is 931. The van der Waals surface area contributed by atoms with E-state index in [1.165, 1.54) is 0 Å². The summed E-state index contributed by atoms with van der Waals surface area (Å²) in [6.07, 6.45) is 1.83. The molecule has 28 heavy (non-hydrogen) atoms. The summed E-state index contributed by atoms with van der Waals surface area (Å²) < 4.78 is 16.1. The number of nitrogen functional groups attached to an aromatic ring is 1. The zero-order chi connectivity index (χ0) is 18.7. The second-order valence-corrected chi connectivity index (χ2v) is 6.06. The van der Waals surface area contributed by atoms with Gasteiger partial charge >= 0.3 is 0 Å². The highest BCUT2D eigenvalue weighted by molar-refractivity contribution is 5.97. The number of halogens is 2. The minimum absolute atomic E-state index is 0. The third kappa shape index (κ3) is 4.37. The molecule has 0 spiro atoms. The van der Waals surface area contributed by atoms with Crippen molar-refractivity contribution < 1.29 is 14.2 Å². The normalized spacial score (nSPS) is 10.0. The summed E-state index contributed by atoms with van der Waals surface area (Å²) in [5.74, 6) is 2.09. The van der Waals surface area contributed by atoms with Crippen molar-refractivity contribution in [3.05, 3.63) is 42.0 Å². The lowest BCUT2D eigenvalue weighted by Crippen LogP contribution is -2.03. The average molecular weight is 425 g/mol. The molecular weight excluding hydrogens is 399 g/mol. The number of fused-ring (bicyclic) bond motifs is 1. The summed E-state index contributed by atoms with van der Waals surface area (Å²) in [5, 5.41) is 0.878. The van der Waals surface area contributed by atoms with Gasteiger partial charge in [-0.05, 0) is 36.8 Å². The van der Waals surface area contributed by atoms with E-state index in [1.54, 1.807) is 21.3 Å². The largest absolute Gasteiger partial charge is 0.497 e. The average Bonchev–Trinajstić information content (AvgIpc) is 2.69. The number of aromatic nitrogens is 1. The summed E-state index contributed by atoms with van der Waals surface area (Å²) >= 11 is 0. The van der Waals surface area contributed by atoms with Crippen molar-refractivity contribution in [1.29, 1.82) is 0 Å². The molecule has 7 heteroatoms. The molecule has 0 saturated carbocycles. The fraction of sp³-hybridized carbons (Fsp3) is 0.286. The molecule has 0 unspecified atom stereocenters. The Morgan fingerprint density at radius 2 is 1.50 bits per heavy atom. The van der Waals surface area contributed by atoms with E-state index in [0.29, 0.717) is 11.5 Å². The molecule has 0 aliphatic rings. The predicted molar refractivity (Wildman–Crippen MR) is 120 cm³/mol. The van der Waals surface area contributed by atoms with E-state index in [4.69, 9.17) is 24.9 Å². The molecule has 2 aromatic carbocycles. The maximum Gasteiger partial charge on any atom is 0.162 e. The SMILES string of the molecule is CCCc1c(-c2ccc(OC)cc2)nc2cc(OC)c(OC)cc2c1N.Cl.Cl. The highest BCUT2D eigenvalue weighted by Crippen LogP contribution is 2.38. The first-order valence-corrected chi connectivity index (χ1v) is 8.61. The van der Waals surface area contributed by atoms with Crippen LogP contribution in [0.15, 0.2) is 36.4 Å². The summed E-state index contributed by atoms with van der Waals surface area (Å²) in [4.78, 5) is 4.91. The number of hydrogen-bond acceptors (Lipinski definition) is 5. The quantitative estimate of drug-likeness (QED) is 0.580. The third-order valence-corrected chi connectivity index (χ3v) is 4.50. The third-order valence-electron chi connectivity index (χ3n) is 4.50. The predicted octanol–water partition coefficient (Wildman–Crippen LogP) is 5.31. The van der Waals surface area contributed by atoms with Gasteiger partial charge in [0.1, 0.15) is 5.75 Å². The van der Waals surface area contributed by atoms with Crippen LogP contribution in [0.4, 0.5) is 5.69 Å². The molecule has 0 radical (unpaired) electrons. The number of pyridine rings is 1. The van der Waals surface area contributed by atoms with Gasteiger partial charge < -0.3 is 19.9 Å². The Hall–Kier alpha value is -2.37. The van der Waals surface area contributed by atoms with Crippen LogP contribution in [0.25, 0.3) is 22.2 Å². The molecule has 0 saturated heterocycles. The van der Waals surface area contributed by atoms with Crippen molar-refractivity contribution in [3.63, 3.8) is 0 Å². The highest BCUT2D eigenvalue weighted by Gasteiger charge is 2.17. The van der Waals surface area contributed by atoms with Crippen molar-refractivity contribution in [1.82, 2.24) is 4.98 Å². The molecule has 1 aromatic heterocycles. The van der Waals surface area contributed by atoms with Gasteiger partial charge in [0, 0.05) is 28.3 Å². The van der Waals surface area contributed by atoms with E-state index in [1.807, 2.05) is 36.4 Å². The Balaban J connectivity index is 0.00000196. The van der Waals surface area contributed by atoms with Crippen LogP contribution in [0.3, 0.4) is 0 Å². The first-order chi connectivity index (χ1) is 12.6. The minimum Gasteiger partial charge on any atom is -0.497 e. The summed E-state index contributed by atoms with van der Waals surface area (Å²) in [6.45, 7) is 2.13. The van der Waals surface area contributed by atoms with Crippen LogP contribution >= 0.6 is 24.8 Å². The molecule has 152 valence electrons. The van der Waals surface area contributed by atoms with Gasteiger partial charge in [-0.3, -0.25) is 0 Å². The molecule has 5 nitrogen and oxygen atoms in total. The molecule has 2 N–H and O–H groups in total. The maximum atomic E-state index is 6.55. The number of anilines is 1. The number of methoxy groups -OCH3 is 3. The zero-order valence-electron chi connectivity index (χ0n) is 16.4. The van der Waals surface area contributed by atoms with Gasteiger partial charge in [0.25, 0.3) is 0 Å². The van der Waals surface area contributed by atoms with Crippen LogP contribution in [0.2, 0.25) is 0 Å². The molecule has 0 fully saturated rings. The van der Waals surface area contributed by atoms with E-state index < -0.39 is 0 Å². The summed E-state index contributed by atoms with van der Waals surface area (Å²) in [7, 11) is 4.89. The molecule has 0 aliphatic carbocycles. The Kier molecular flexibility index (Phi) is 8.66. The van der Waals surface area contributed by atoms with Crippen molar-refractivity contribution in [2.45, 2.75) is 19.8 Å². The standard InChI is InChI=1S/C21H24N2O3.2ClH/c1-5-6-15-20(22)16-11-18(25-3)19(26-4)12-17(16)23-21(15)13-7-9-14(24-2)10-8-13;;/h7-12H,5-6H2,1-4H3,(H2,22,23);2*1H. The lowest BCUT2D eigenvalue weighted by Gasteiger charge is -2.16. The zero-order valence-corrected chi connectivity index (χ0v) is 18.1. The number of nitrogens with two attached hydrogens (primary N) is 1. The second kappa shape index (κ2) is 10.2. The van der Waals surface area contributed by atoms with Crippen molar-refractivity contribution in [2.75, 3.05) is 27.1 Å². The Labute approximate surface area is 178 Å². The molecule has 0 aliphatic heterocycles. The fourth-order valence-electron chi connectivity index (χ4n) is 3.15. The molecular formula is C21H26Cl2N2O3. The van der Waals surface area contributed by atoms with Crippen LogP contribution in [0, 0.1) is 0 Å². The fourth-order valence-corrected chi connectivity index (χ4v) is 3.15. The number of ether oxygens (including phenoxy) is 3. The molecule has 0 atom stereocenters. The molecule has 3 aromatic rings. The first-order valence-electron chi connectivity index (χ1n) is 8.61. The lowest BCUT2D eigenvalue weighted by atomic mass is 9.97. The van der Waals surface area contributed by atoms with Gasteiger partial charge in [-0.1, -0.05) is 13.3 Å². The maximum absolute atomic E-state index is 6.55. The topological polar surface area (TPSA) is 66.6 Å². The van der Waals surface area contributed by atoms with E-state index in [2.05, 4.69) is 6.92 Å². The van der Waals surface area contributed by atoms with Crippen molar-refractivity contribution >= 4 is 41.4 Å². The van der Waals surface area contributed by atoms with Gasteiger partial charge in [0.2, 0.25) is 0 Å². The van der Waals surface area contributed by atoms with Crippen LogP contribution in [-0.4, -0.2) is 26.3 Å². The monoisotopic (exact) mass is 424 g/mol. The number of hydrogen-bond donors (Lipinski definition) is 1. The van der Waals surface area contributed by atoms with Gasteiger partial charge in [-0.2, -0.15) is 0 Å². The minimum atomic E-state index is 0. The highest BCUT2D eigenvalue weighted by atomic mass is 35.5. The van der Waals surface area contributed by atoms with Crippen LogP contribution in [-0.2, 0) is 6.42 Å². The van der Waals surface area contributed by atoms with E-state index in [0.717, 1.165) is 52.0 Å². The van der Waals surface area contributed by atoms with Crippen LogP contribution in [0.5, 0.6) is 17.2 Å². The Morgan fingerprint density at radius 3 is 2.04 bits per heavy atom. The second-order valence-electron chi connectivity index (χ2n) is 6.06. The molecule has 3 rings (SSSR count). The van der Waals surface area contributed by atoms with Crippen LogP contribution in [0.1, 0.15) is 18.9 Å². The number of nitrogens with zero attached hydrogens (tertiary/aromatic N) is 1. The summed E-state index contributed by atoms with van der Waals surface area (Å²) in [5.41, 5.74) is 11.0. The van der Waals surface area contributed by atoms with Crippen molar-refractivity contribution in [3.8, 4) is 28.5 Å². The van der Waals surface area contributed by atoms with E-state index in [-0.39, 0.29) is 24.8 Å². The van der Waals surface area contributed by atoms with Gasteiger partial charge in [0.05, 0.1) is 32.5 Å².